The quantitative estimate of drug-likeness (QED) is 0.852. The molecule has 1 N–H and O–H groups in total. The van der Waals surface area contributed by atoms with E-state index in [9.17, 15) is 5.11 Å². The second-order valence-corrected chi connectivity index (χ2v) is 4.42. The van der Waals surface area contributed by atoms with E-state index in [0.717, 1.165) is 37.3 Å². The van der Waals surface area contributed by atoms with Gasteiger partial charge in [0.2, 0.25) is 0 Å². The van der Waals surface area contributed by atoms with Crippen molar-refractivity contribution in [1.82, 2.24) is 14.8 Å². The summed E-state index contributed by atoms with van der Waals surface area (Å²) in [6.45, 7) is 0. The number of nitrogens with zero attached hydrogens (tertiary/aromatic N) is 3. The third kappa shape index (κ3) is 2.08. The Hall–Kier alpha value is -1.68. The van der Waals surface area contributed by atoms with E-state index >= 15 is 0 Å². The summed E-state index contributed by atoms with van der Waals surface area (Å²) in [6, 6.07) is 10.2. The van der Waals surface area contributed by atoms with Gasteiger partial charge in [-0.3, -0.25) is 0 Å². The molecule has 2 aromatic rings. The largest absolute Gasteiger partial charge is 0.372 e. The van der Waals surface area contributed by atoms with Crippen molar-refractivity contribution in [2.24, 2.45) is 0 Å². The fourth-order valence-corrected chi connectivity index (χ4v) is 2.23. The molecule has 2 heterocycles. The van der Waals surface area contributed by atoms with Gasteiger partial charge in [-0.2, -0.15) is 5.10 Å². The van der Waals surface area contributed by atoms with Crippen LogP contribution in [0, 0.1) is 0 Å². The number of hydrogen-bond donors (Lipinski definition) is 1. The minimum absolute atomic E-state index is 0.490. The number of rotatable bonds is 2. The van der Waals surface area contributed by atoms with Crippen LogP contribution < -0.4 is 0 Å². The van der Waals surface area contributed by atoms with Crippen LogP contribution >= 0.6 is 0 Å². The minimum atomic E-state index is -0.490. The summed E-state index contributed by atoms with van der Waals surface area (Å²) < 4.78 is 1.67. The zero-order valence-electron chi connectivity index (χ0n) is 9.58. The second kappa shape index (κ2) is 4.30. The first-order valence-electron chi connectivity index (χ1n) is 5.99. The van der Waals surface area contributed by atoms with Crippen LogP contribution in [0.4, 0.5) is 0 Å². The lowest BCUT2D eigenvalue weighted by Gasteiger charge is -2.17. The molecule has 1 aliphatic heterocycles. The van der Waals surface area contributed by atoms with Crippen LogP contribution in [0.2, 0.25) is 0 Å². The Kier molecular flexibility index (Phi) is 2.65. The molecular weight excluding hydrogens is 214 g/mol. The fourth-order valence-electron chi connectivity index (χ4n) is 2.23. The Morgan fingerprint density at radius 1 is 1.29 bits per heavy atom. The van der Waals surface area contributed by atoms with Crippen LogP contribution in [0.1, 0.15) is 36.3 Å². The first kappa shape index (κ1) is 10.5. The zero-order valence-corrected chi connectivity index (χ0v) is 9.58. The van der Waals surface area contributed by atoms with Gasteiger partial charge in [-0.1, -0.05) is 30.3 Å². The lowest BCUT2D eigenvalue weighted by molar-refractivity contribution is 0.0644. The molecule has 1 aliphatic rings. The molecule has 4 heteroatoms. The Bertz CT molecular complexity index is 507. The smallest absolute Gasteiger partial charge is 0.155 e. The first-order valence-corrected chi connectivity index (χ1v) is 5.99. The van der Waals surface area contributed by atoms with Crippen LogP contribution in [0.15, 0.2) is 30.3 Å². The number of hydrogen-bond acceptors (Lipinski definition) is 3. The Morgan fingerprint density at radius 2 is 2.12 bits per heavy atom. The Labute approximate surface area is 99.9 Å². The van der Waals surface area contributed by atoms with Crippen LogP contribution in [-0.2, 0) is 12.8 Å². The van der Waals surface area contributed by atoms with E-state index in [4.69, 9.17) is 0 Å². The summed E-state index contributed by atoms with van der Waals surface area (Å²) in [7, 11) is 0. The predicted octanol–water partition coefficient (Wildman–Crippen LogP) is 1.70. The lowest BCUT2D eigenvalue weighted by atomic mass is 10.1. The van der Waals surface area contributed by atoms with Crippen molar-refractivity contribution in [1.29, 1.82) is 0 Å². The van der Waals surface area contributed by atoms with Crippen molar-refractivity contribution in [3.8, 4) is 0 Å². The number of aromatic nitrogens is 3. The highest BCUT2D eigenvalue weighted by Crippen LogP contribution is 2.21. The van der Waals surface area contributed by atoms with Gasteiger partial charge >= 0.3 is 0 Å². The van der Waals surface area contributed by atoms with Gasteiger partial charge in [-0.15, -0.1) is 0 Å². The average Bonchev–Trinajstić information content (AvgIpc) is 2.74. The molecule has 3 rings (SSSR count). The molecule has 1 atom stereocenters. The number of aliphatic hydroxyl groups is 1. The van der Waals surface area contributed by atoms with Gasteiger partial charge in [-0.25, -0.2) is 9.67 Å². The van der Waals surface area contributed by atoms with Gasteiger partial charge in [-0.05, 0) is 18.4 Å². The van der Waals surface area contributed by atoms with Crippen molar-refractivity contribution >= 4 is 0 Å². The van der Waals surface area contributed by atoms with Crippen molar-refractivity contribution in [2.75, 3.05) is 0 Å². The molecule has 0 radical (unpaired) electrons. The molecule has 0 aliphatic carbocycles. The molecule has 0 amide bonds. The maximum Gasteiger partial charge on any atom is 0.155 e. The molecule has 1 aromatic heterocycles. The minimum Gasteiger partial charge on any atom is -0.372 e. The molecule has 0 fully saturated rings. The van der Waals surface area contributed by atoms with Crippen molar-refractivity contribution in [3.63, 3.8) is 0 Å². The number of benzene rings is 1. The highest BCUT2D eigenvalue weighted by atomic mass is 16.3. The summed E-state index contributed by atoms with van der Waals surface area (Å²) >= 11 is 0. The SMILES string of the molecule is OC1CCCc2nc(Cc3ccccc3)nn21. The summed E-state index contributed by atoms with van der Waals surface area (Å²) in [5.74, 6) is 1.71. The number of fused-ring (bicyclic) bond motifs is 1. The van der Waals surface area contributed by atoms with E-state index in [1.807, 2.05) is 18.2 Å². The van der Waals surface area contributed by atoms with Crippen LogP contribution in [0.25, 0.3) is 0 Å². The van der Waals surface area contributed by atoms with Gasteiger partial charge in [0.15, 0.2) is 5.82 Å². The maximum atomic E-state index is 9.80. The third-order valence-electron chi connectivity index (χ3n) is 3.10. The second-order valence-electron chi connectivity index (χ2n) is 4.42. The number of aliphatic hydroxyl groups excluding tert-OH is 1. The van der Waals surface area contributed by atoms with E-state index < -0.39 is 6.23 Å². The molecule has 88 valence electrons. The summed E-state index contributed by atoms with van der Waals surface area (Å²) in [5.41, 5.74) is 1.20. The molecule has 0 saturated heterocycles. The Balaban J connectivity index is 1.85. The molecular formula is C13H15N3O. The molecule has 4 nitrogen and oxygen atoms in total. The molecule has 0 spiro atoms. The van der Waals surface area contributed by atoms with E-state index in [2.05, 4.69) is 22.2 Å². The van der Waals surface area contributed by atoms with Crippen LogP contribution in [-0.4, -0.2) is 19.9 Å². The third-order valence-corrected chi connectivity index (χ3v) is 3.10. The van der Waals surface area contributed by atoms with Gasteiger partial charge in [0.1, 0.15) is 12.1 Å². The first-order chi connectivity index (χ1) is 8.33. The molecule has 17 heavy (non-hydrogen) atoms. The molecule has 1 aromatic carbocycles. The van der Waals surface area contributed by atoms with Crippen molar-refractivity contribution in [3.05, 3.63) is 47.5 Å². The fraction of sp³-hybridized carbons (Fsp3) is 0.385. The highest BCUT2D eigenvalue weighted by Gasteiger charge is 2.20. The monoisotopic (exact) mass is 229 g/mol. The normalized spacial score (nSPS) is 19.0. The zero-order chi connectivity index (χ0) is 11.7. The van der Waals surface area contributed by atoms with Gasteiger partial charge in [0.25, 0.3) is 0 Å². The van der Waals surface area contributed by atoms with Gasteiger partial charge in [0, 0.05) is 12.8 Å². The average molecular weight is 229 g/mol. The van der Waals surface area contributed by atoms with Crippen molar-refractivity contribution in [2.45, 2.75) is 31.9 Å². The van der Waals surface area contributed by atoms with Gasteiger partial charge < -0.3 is 5.11 Å². The van der Waals surface area contributed by atoms with Crippen LogP contribution in [0.5, 0.6) is 0 Å². The highest BCUT2D eigenvalue weighted by molar-refractivity contribution is 5.18. The lowest BCUT2D eigenvalue weighted by Crippen LogP contribution is -2.18. The maximum absolute atomic E-state index is 9.80. The predicted molar refractivity (Wildman–Crippen MR) is 63.5 cm³/mol. The Morgan fingerprint density at radius 3 is 2.88 bits per heavy atom. The molecule has 1 unspecified atom stereocenters. The standard InChI is InChI=1S/C13H15N3O/c17-13-8-4-7-12-14-11(15-16(12)13)9-10-5-2-1-3-6-10/h1-3,5-6,13,17H,4,7-9H2. The van der Waals surface area contributed by atoms with Gasteiger partial charge in [0.05, 0.1) is 0 Å². The van der Waals surface area contributed by atoms with E-state index in [0.29, 0.717) is 0 Å². The summed E-state index contributed by atoms with van der Waals surface area (Å²) in [4.78, 5) is 4.49. The van der Waals surface area contributed by atoms with E-state index in [1.165, 1.54) is 5.56 Å². The van der Waals surface area contributed by atoms with E-state index in [-0.39, 0.29) is 0 Å². The topological polar surface area (TPSA) is 50.9 Å². The van der Waals surface area contributed by atoms with Crippen molar-refractivity contribution < 1.29 is 5.11 Å². The van der Waals surface area contributed by atoms with E-state index in [1.54, 1.807) is 4.68 Å². The number of aryl methyl sites for hydroxylation is 1. The summed E-state index contributed by atoms with van der Waals surface area (Å²) in [6.07, 6.45) is 2.92. The molecule has 0 bridgehead atoms. The summed E-state index contributed by atoms with van der Waals surface area (Å²) in [5, 5.41) is 14.2. The van der Waals surface area contributed by atoms with Crippen LogP contribution in [0.3, 0.4) is 0 Å². The molecule has 0 saturated carbocycles.